The minimum atomic E-state index is 0.203. The number of ether oxygens (including phenoxy) is 2. The summed E-state index contributed by atoms with van der Waals surface area (Å²) in [5.74, 6) is 0.203. The molecule has 17 heavy (non-hydrogen) atoms. The summed E-state index contributed by atoms with van der Waals surface area (Å²) >= 11 is 1.66. The van der Waals surface area contributed by atoms with Crippen LogP contribution < -0.4 is 0 Å². The zero-order chi connectivity index (χ0) is 12.1. The Kier molecular flexibility index (Phi) is 4.65. The minimum Gasteiger partial charge on any atom is -0.382 e. The van der Waals surface area contributed by atoms with E-state index in [-0.39, 0.29) is 5.78 Å². The van der Waals surface area contributed by atoms with Crippen molar-refractivity contribution in [2.75, 3.05) is 26.9 Å². The topological polar surface area (TPSA) is 48.4 Å². The van der Waals surface area contributed by atoms with Crippen molar-refractivity contribution < 1.29 is 14.3 Å². The molecule has 0 amide bonds. The second kappa shape index (κ2) is 6.23. The molecule has 0 atom stereocenters. The van der Waals surface area contributed by atoms with Gasteiger partial charge in [-0.3, -0.25) is 4.79 Å². The Bertz CT molecular complexity index is 389. The van der Waals surface area contributed by atoms with Crippen LogP contribution in [-0.4, -0.2) is 37.7 Å². The van der Waals surface area contributed by atoms with E-state index in [0.717, 1.165) is 29.1 Å². The first-order valence-corrected chi connectivity index (χ1v) is 6.71. The molecule has 0 saturated carbocycles. The number of aromatic nitrogens is 1. The number of fused-ring (bicyclic) bond motifs is 1. The van der Waals surface area contributed by atoms with Crippen LogP contribution in [-0.2, 0) is 22.3 Å². The maximum Gasteiger partial charge on any atom is 0.182 e. The third-order valence-electron chi connectivity index (χ3n) is 2.71. The molecule has 1 aromatic heterocycles. The number of carbonyl (C=O) groups excluding carboxylic acids is 1. The van der Waals surface area contributed by atoms with Gasteiger partial charge in [-0.25, -0.2) is 4.98 Å². The molecule has 4 nitrogen and oxygen atoms in total. The number of rotatable bonds is 6. The monoisotopic (exact) mass is 255 g/mol. The quantitative estimate of drug-likeness (QED) is 0.728. The molecule has 0 bridgehead atoms. The number of methoxy groups -OCH3 is 1. The fourth-order valence-electron chi connectivity index (χ4n) is 1.83. The van der Waals surface area contributed by atoms with Crippen molar-refractivity contribution in [1.29, 1.82) is 0 Å². The summed E-state index contributed by atoms with van der Waals surface area (Å²) < 4.78 is 10.3. The van der Waals surface area contributed by atoms with Gasteiger partial charge in [-0.1, -0.05) is 0 Å². The van der Waals surface area contributed by atoms with Gasteiger partial charge in [0.15, 0.2) is 5.78 Å². The Hall–Kier alpha value is -0.780. The predicted octanol–water partition coefficient (Wildman–Crippen LogP) is 1.87. The molecule has 1 aromatic rings. The van der Waals surface area contributed by atoms with Gasteiger partial charge >= 0.3 is 0 Å². The number of Topliss-reactive ketones (excluding diaryl/α,β-unsaturated/α-hetero) is 1. The van der Waals surface area contributed by atoms with Crippen molar-refractivity contribution in [1.82, 2.24) is 4.98 Å². The van der Waals surface area contributed by atoms with Gasteiger partial charge in [0, 0.05) is 24.8 Å². The van der Waals surface area contributed by atoms with Crippen molar-refractivity contribution in [2.24, 2.45) is 0 Å². The van der Waals surface area contributed by atoms with Crippen LogP contribution in [0.1, 0.15) is 33.2 Å². The van der Waals surface area contributed by atoms with Crippen LogP contribution in [0.2, 0.25) is 0 Å². The largest absolute Gasteiger partial charge is 0.382 e. The number of ketones is 1. The molecule has 0 unspecified atom stereocenters. The molecule has 0 aliphatic heterocycles. The van der Waals surface area contributed by atoms with Crippen LogP contribution in [0.15, 0.2) is 0 Å². The Morgan fingerprint density at radius 3 is 2.94 bits per heavy atom. The van der Waals surface area contributed by atoms with Gasteiger partial charge in [0.25, 0.3) is 0 Å². The predicted molar refractivity (Wildman–Crippen MR) is 65.8 cm³/mol. The average Bonchev–Trinajstić information content (AvgIpc) is 2.73. The van der Waals surface area contributed by atoms with Gasteiger partial charge < -0.3 is 9.47 Å². The molecule has 1 aliphatic rings. The van der Waals surface area contributed by atoms with E-state index in [1.165, 1.54) is 0 Å². The van der Waals surface area contributed by atoms with E-state index in [1.807, 2.05) is 0 Å². The summed E-state index contributed by atoms with van der Waals surface area (Å²) in [5.41, 5.74) is 0.716. The molecule has 2 rings (SSSR count). The third kappa shape index (κ3) is 3.34. The van der Waals surface area contributed by atoms with Crippen LogP contribution in [0, 0.1) is 0 Å². The molecular weight excluding hydrogens is 238 g/mol. The molecule has 0 fully saturated rings. The zero-order valence-electron chi connectivity index (χ0n) is 10.0. The number of carbonyl (C=O) groups is 1. The highest BCUT2D eigenvalue weighted by atomic mass is 32.1. The number of hydrogen-bond acceptors (Lipinski definition) is 5. The summed E-state index contributed by atoms with van der Waals surface area (Å²) in [6.07, 6.45) is 3.41. The lowest BCUT2D eigenvalue weighted by atomic mass is 10.0. The van der Waals surface area contributed by atoms with E-state index >= 15 is 0 Å². The van der Waals surface area contributed by atoms with Gasteiger partial charge in [-0.15, -0.1) is 11.3 Å². The Labute approximate surface area is 105 Å². The number of hydrogen-bond donors (Lipinski definition) is 0. The van der Waals surface area contributed by atoms with Gasteiger partial charge in [-0.05, 0) is 12.8 Å². The second-order valence-corrected chi connectivity index (χ2v) is 5.18. The Balaban J connectivity index is 1.83. The van der Waals surface area contributed by atoms with Gasteiger partial charge in [0.1, 0.15) is 5.69 Å². The van der Waals surface area contributed by atoms with E-state index in [4.69, 9.17) is 9.47 Å². The standard InChI is InChI=1S/C12H17NO3S/c1-15-7-8-16-6-5-11-13-12-9(14)3-2-4-10(12)17-11/h2-8H2,1H3. The highest BCUT2D eigenvalue weighted by Crippen LogP contribution is 2.26. The zero-order valence-corrected chi connectivity index (χ0v) is 10.8. The van der Waals surface area contributed by atoms with Crippen molar-refractivity contribution in [3.8, 4) is 0 Å². The van der Waals surface area contributed by atoms with E-state index < -0.39 is 0 Å². The van der Waals surface area contributed by atoms with Crippen molar-refractivity contribution in [3.05, 3.63) is 15.6 Å². The lowest BCUT2D eigenvalue weighted by Gasteiger charge is -2.06. The van der Waals surface area contributed by atoms with Gasteiger partial charge in [0.05, 0.1) is 24.8 Å². The number of aryl methyl sites for hydroxylation is 1. The molecule has 0 N–H and O–H groups in total. The summed E-state index contributed by atoms with van der Waals surface area (Å²) in [5, 5.41) is 1.02. The van der Waals surface area contributed by atoms with Gasteiger partial charge in [-0.2, -0.15) is 0 Å². The van der Waals surface area contributed by atoms with E-state index in [9.17, 15) is 4.79 Å². The Morgan fingerprint density at radius 2 is 2.18 bits per heavy atom. The van der Waals surface area contributed by atoms with Crippen LogP contribution in [0.4, 0.5) is 0 Å². The smallest absolute Gasteiger partial charge is 0.182 e. The molecular formula is C12H17NO3S. The van der Waals surface area contributed by atoms with Crippen LogP contribution in [0.25, 0.3) is 0 Å². The van der Waals surface area contributed by atoms with E-state index in [0.29, 0.717) is 31.9 Å². The molecule has 1 aliphatic carbocycles. The van der Waals surface area contributed by atoms with Crippen molar-refractivity contribution in [3.63, 3.8) is 0 Å². The molecule has 1 heterocycles. The number of nitrogens with zero attached hydrogens (tertiary/aromatic N) is 1. The fourth-order valence-corrected chi connectivity index (χ4v) is 2.94. The molecule has 0 saturated heterocycles. The van der Waals surface area contributed by atoms with Crippen LogP contribution in [0.3, 0.4) is 0 Å². The lowest BCUT2D eigenvalue weighted by Crippen LogP contribution is -2.09. The average molecular weight is 255 g/mol. The second-order valence-electron chi connectivity index (χ2n) is 4.01. The number of thiazole rings is 1. The molecule has 5 heteroatoms. The molecule has 0 radical (unpaired) electrons. The summed E-state index contributed by atoms with van der Waals surface area (Å²) in [7, 11) is 1.66. The first kappa shape index (κ1) is 12.7. The fraction of sp³-hybridized carbons (Fsp3) is 0.667. The van der Waals surface area contributed by atoms with E-state index in [2.05, 4.69) is 4.98 Å². The van der Waals surface area contributed by atoms with E-state index in [1.54, 1.807) is 18.4 Å². The van der Waals surface area contributed by atoms with Crippen LogP contribution >= 0.6 is 11.3 Å². The first-order valence-electron chi connectivity index (χ1n) is 5.89. The molecule has 0 aromatic carbocycles. The summed E-state index contributed by atoms with van der Waals surface area (Å²) in [6.45, 7) is 1.87. The Morgan fingerprint density at radius 1 is 1.29 bits per heavy atom. The highest BCUT2D eigenvalue weighted by Gasteiger charge is 2.21. The maximum absolute atomic E-state index is 11.6. The van der Waals surface area contributed by atoms with Crippen LogP contribution in [0.5, 0.6) is 0 Å². The third-order valence-corrected chi connectivity index (χ3v) is 3.88. The molecule has 0 spiro atoms. The minimum absolute atomic E-state index is 0.203. The summed E-state index contributed by atoms with van der Waals surface area (Å²) in [4.78, 5) is 17.2. The first-order chi connectivity index (χ1) is 8.31. The summed E-state index contributed by atoms with van der Waals surface area (Å²) in [6, 6.07) is 0. The maximum atomic E-state index is 11.6. The lowest BCUT2D eigenvalue weighted by molar-refractivity contribution is 0.0722. The van der Waals surface area contributed by atoms with Crippen molar-refractivity contribution >= 4 is 17.1 Å². The normalized spacial score (nSPS) is 15.0. The van der Waals surface area contributed by atoms with Gasteiger partial charge in [0.2, 0.25) is 0 Å². The van der Waals surface area contributed by atoms with Crippen molar-refractivity contribution in [2.45, 2.75) is 25.7 Å². The highest BCUT2D eigenvalue weighted by molar-refractivity contribution is 7.12. The SMILES string of the molecule is COCCOCCc1nc2c(s1)CCCC2=O. The molecule has 94 valence electrons.